The van der Waals surface area contributed by atoms with E-state index in [9.17, 15) is 5.11 Å². The number of nitrogens with zero attached hydrogens (tertiary/aromatic N) is 3. The van der Waals surface area contributed by atoms with Crippen LogP contribution in [0.5, 0.6) is 5.88 Å². The minimum absolute atomic E-state index is 0.178. The molecule has 0 unspecified atom stereocenters. The molecule has 0 fully saturated rings. The van der Waals surface area contributed by atoms with Crippen LogP contribution in [-0.2, 0) is 19.3 Å². The largest absolute Gasteiger partial charge is 0.493 e. The van der Waals surface area contributed by atoms with E-state index in [2.05, 4.69) is 68.4 Å². The van der Waals surface area contributed by atoms with Gasteiger partial charge in [-0.1, -0.05) is 85.3 Å². The van der Waals surface area contributed by atoms with Gasteiger partial charge in [0.05, 0.1) is 11.4 Å². The van der Waals surface area contributed by atoms with E-state index in [0.29, 0.717) is 24.2 Å². The highest BCUT2D eigenvalue weighted by molar-refractivity contribution is 5.64. The minimum Gasteiger partial charge on any atom is -0.493 e. The van der Waals surface area contributed by atoms with Gasteiger partial charge in [0.1, 0.15) is 5.69 Å². The molecule has 33 heavy (non-hydrogen) atoms. The van der Waals surface area contributed by atoms with Crippen LogP contribution in [0.25, 0.3) is 16.9 Å². The molecule has 4 heteroatoms. The number of imidazole rings is 1. The Morgan fingerprint density at radius 2 is 1.48 bits per heavy atom. The number of hydrogen-bond acceptors (Lipinski definition) is 3. The first-order valence-corrected chi connectivity index (χ1v) is 11.4. The molecule has 0 aliphatic rings. The Labute approximate surface area is 194 Å². The van der Waals surface area contributed by atoms with Crippen molar-refractivity contribution >= 4 is 5.65 Å². The third-order valence-electron chi connectivity index (χ3n) is 6.02. The van der Waals surface area contributed by atoms with E-state index in [1.54, 1.807) is 4.40 Å². The van der Waals surface area contributed by atoms with Crippen molar-refractivity contribution in [3.8, 4) is 17.1 Å². The van der Waals surface area contributed by atoms with Crippen LogP contribution in [0, 0.1) is 6.92 Å². The van der Waals surface area contributed by atoms with Gasteiger partial charge in [-0.2, -0.15) is 0 Å². The first kappa shape index (κ1) is 21.0. The minimum atomic E-state index is 0.178. The Hall–Kier alpha value is -3.92. The predicted molar refractivity (Wildman–Crippen MR) is 133 cm³/mol. The zero-order valence-corrected chi connectivity index (χ0v) is 19.0. The van der Waals surface area contributed by atoms with Crippen molar-refractivity contribution in [2.75, 3.05) is 0 Å². The summed E-state index contributed by atoms with van der Waals surface area (Å²) in [5, 5.41) is 11.2. The molecular formula is C29H27N3O. The van der Waals surface area contributed by atoms with Crippen LogP contribution in [0.1, 0.15) is 40.6 Å². The second-order valence-corrected chi connectivity index (χ2v) is 8.53. The van der Waals surface area contributed by atoms with Gasteiger partial charge in [-0.25, -0.2) is 9.97 Å². The van der Waals surface area contributed by atoms with Gasteiger partial charge >= 0.3 is 0 Å². The second kappa shape index (κ2) is 8.91. The Morgan fingerprint density at radius 1 is 0.758 bits per heavy atom. The Morgan fingerprint density at radius 3 is 2.27 bits per heavy atom. The molecule has 164 valence electrons. The molecule has 2 heterocycles. The van der Waals surface area contributed by atoms with Crippen molar-refractivity contribution in [2.45, 2.75) is 33.1 Å². The Bertz CT molecular complexity index is 1420. The number of benzene rings is 3. The van der Waals surface area contributed by atoms with E-state index in [4.69, 9.17) is 9.97 Å². The van der Waals surface area contributed by atoms with Crippen molar-refractivity contribution < 1.29 is 5.11 Å². The number of fused-ring (bicyclic) bond motifs is 1. The summed E-state index contributed by atoms with van der Waals surface area (Å²) in [5.41, 5.74) is 8.83. The fraction of sp³-hybridized carbons (Fsp3) is 0.172. The van der Waals surface area contributed by atoms with E-state index in [1.165, 1.54) is 11.1 Å². The SMILES string of the molecule is CCc1cccc(Cc2nc3c(Cc4ccccc4)nc(-c4cccc(C)c4)cn3c2O)c1. The van der Waals surface area contributed by atoms with E-state index in [-0.39, 0.29) is 5.88 Å². The predicted octanol–water partition coefficient (Wildman–Crippen LogP) is 6.15. The van der Waals surface area contributed by atoms with Crippen LogP contribution in [0.2, 0.25) is 0 Å². The highest BCUT2D eigenvalue weighted by Gasteiger charge is 2.18. The molecule has 0 bridgehead atoms. The molecule has 0 radical (unpaired) electrons. The summed E-state index contributed by atoms with van der Waals surface area (Å²) >= 11 is 0. The van der Waals surface area contributed by atoms with Gasteiger partial charge in [-0.15, -0.1) is 0 Å². The molecule has 5 aromatic rings. The molecule has 5 rings (SSSR count). The molecule has 0 aliphatic heterocycles. The van der Waals surface area contributed by atoms with Crippen molar-refractivity contribution in [2.24, 2.45) is 0 Å². The third-order valence-corrected chi connectivity index (χ3v) is 6.02. The number of hydrogen-bond donors (Lipinski definition) is 1. The fourth-order valence-electron chi connectivity index (χ4n) is 4.27. The number of rotatable bonds is 6. The van der Waals surface area contributed by atoms with Crippen LogP contribution >= 0.6 is 0 Å². The summed E-state index contributed by atoms with van der Waals surface area (Å²) < 4.78 is 1.79. The monoisotopic (exact) mass is 433 g/mol. The van der Waals surface area contributed by atoms with Gasteiger partial charge in [-0.05, 0) is 36.1 Å². The molecule has 0 aliphatic carbocycles. The summed E-state index contributed by atoms with van der Waals surface area (Å²) in [5.74, 6) is 0.178. The maximum Gasteiger partial charge on any atom is 0.219 e. The van der Waals surface area contributed by atoms with E-state index < -0.39 is 0 Å². The summed E-state index contributed by atoms with van der Waals surface area (Å²) in [7, 11) is 0. The lowest BCUT2D eigenvalue weighted by atomic mass is 10.1. The van der Waals surface area contributed by atoms with Crippen molar-refractivity contribution in [1.82, 2.24) is 14.4 Å². The number of aryl methyl sites for hydroxylation is 2. The van der Waals surface area contributed by atoms with Gasteiger partial charge in [0.25, 0.3) is 0 Å². The zero-order valence-electron chi connectivity index (χ0n) is 19.0. The highest BCUT2D eigenvalue weighted by Crippen LogP contribution is 2.28. The lowest BCUT2D eigenvalue weighted by molar-refractivity contribution is 0.442. The topological polar surface area (TPSA) is 50.4 Å². The van der Waals surface area contributed by atoms with E-state index >= 15 is 0 Å². The van der Waals surface area contributed by atoms with Crippen LogP contribution in [0.3, 0.4) is 0 Å². The maximum atomic E-state index is 11.2. The van der Waals surface area contributed by atoms with Gasteiger partial charge in [0.2, 0.25) is 5.88 Å². The Kier molecular flexibility index (Phi) is 5.66. The van der Waals surface area contributed by atoms with Gasteiger partial charge in [0.15, 0.2) is 5.65 Å². The summed E-state index contributed by atoms with van der Waals surface area (Å²) in [6.45, 7) is 4.22. The molecule has 0 saturated heterocycles. The number of aromatic nitrogens is 3. The molecule has 3 aromatic carbocycles. The average molecular weight is 434 g/mol. The van der Waals surface area contributed by atoms with Crippen molar-refractivity contribution in [3.05, 3.63) is 119 Å². The van der Waals surface area contributed by atoms with Crippen LogP contribution in [0.15, 0.2) is 85.1 Å². The van der Waals surface area contributed by atoms with Crippen LogP contribution in [0.4, 0.5) is 0 Å². The smallest absolute Gasteiger partial charge is 0.219 e. The molecule has 1 N–H and O–H groups in total. The van der Waals surface area contributed by atoms with Crippen molar-refractivity contribution in [3.63, 3.8) is 0 Å². The third kappa shape index (κ3) is 4.37. The van der Waals surface area contributed by atoms with Gasteiger partial charge in [0, 0.05) is 24.6 Å². The van der Waals surface area contributed by atoms with Gasteiger partial charge < -0.3 is 5.11 Å². The number of aromatic hydroxyl groups is 1. The molecule has 0 amide bonds. The maximum absolute atomic E-state index is 11.2. The van der Waals surface area contributed by atoms with E-state index in [0.717, 1.165) is 34.5 Å². The molecular weight excluding hydrogens is 406 g/mol. The van der Waals surface area contributed by atoms with Crippen LogP contribution < -0.4 is 0 Å². The molecule has 4 nitrogen and oxygen atoms in total. The first-order valence-electron chi connectivity index (χ1n) is 11.4. The molecule has 0 spiro atoms. The average Bonchev–Trinajstić information content (AvgIpc) is 3.15. The summed E-state index contributed by atoms with van der Waals surface area (Å²) in [4.78, 5) is 9.86. The Balaban J connectivity index is 1.64. The van der Waals surface area contributed by atoms with Gasteiger partial charge in [-0.3, -0.25) is 4.40 Å². The normalized spacial score (nSPS) is 11.2. The molecule has 0 atom stereocenters. The second-order valence-electron chi connectivity index (χ2n) is 8.53. The van der Waals surface area contributed by atoms with E-state index in [1.807, 2.05) is 30.5 Å². The first-order chi connectivity index (χ1) is 16.1. The fourth-order valence-corrected chi connectivity index (χ4v) is 4.27. The lowest BCUT2D eigenvalue weighted by Crippen LogP contribution is -2.01. The highest BCUT2D eigenvalue weighted by atomic mass is 16.3. The van der Waals surface area contributed by atoms with Crippen LogP contribution in [-0.4, -0.2) is 19.5 Å². The molecule has 2 aromatic heterocycles. The summed E-state index contributed by atoms with van der Waals surface area (Å²) in [6, 6.07) is 27.0. The summed E-state index contributed by atoms with van der Waals surface area (Å²) in [6.07, 6.45) is 4.10. The standard InChI is InChI=1S/C29H27N3O/c1-3-21-12-8-13-23(16-21)18-26-29(33)32-19-27(24-14-7-9-20(2)15-24)30-25(28(32)31-26)17-22-10-5-4-6-11-22/h4-16,19,33H,3,17-18H2,1-2H3. The lowest BCUT2D eigenvalue weighted by Gasteiger charge is -2.09. The van der Waals surface area contributed by atoms with Crippen molar-refractivity contribution in [1.29, 1.82) is 0 Å². The quantitative estimate of drug-likeness (QED) is 0.349. The molecule has 0 saturated carbocycles. The zero-order chi connectivity index (χ0) is 22.8.